The highest BCUT2D eigenvalue weighted by atomic mass is 15.4. The molecule has 0 unspecified atom stereocenters. The number of benzene rings is 1. The minimum absolute atomic E-state index is 0.258. The lowest BCUT2D eigenvalue weighted by Crippen LogP contribution is -2.20. The van der Waals surface area contributed by atoms with E-state index in [4.69, 9.17) is 5.73 Å². The molecule has 162 valence electrons. The minimum Gasteiger partial charge on any atom is -0.368 e. The Morgan fingerprint density at radius 3 is 2.50 bits per heavy atom. The Bertz CT molecular complexity index is 1210. The van der Waals surface area contributed by atoms with Crippen molar-refractivity contribution in [3.63, 3.8) is 0 Å². The summed E-state index contributed by atoms with van der Waals surface area (Å²) in [5, 5.41) is 7.86. The molecule has 4 aromatic rings. The second-order valence-electron chi connectivity index (χ2n) is 8.11. The summed E-state index contributed by atoms with van der Waals surface area (Å²) in [5.74, 6) is 3.33. The highest BCUT2D eigenvalue weighted by Gasteiger charge is 2.23. The average Bonchev–Trinajstić information content (AvgIpc) is 3.55. The molecule has 32 heavy (non-hydrogen) atoms. The maximum atomic E-state index is 5.68. The van der Waals surface area contributed by atoms with Crippen LogP contribution < -0.4 is 16.0 Å². The van der Waals surface area contributed by atoms with E-state index in [1.54, 1.807) is 10.9 Å². The first-order valence-corrected chi connectivity index (χ1v) is 10.6. The SMILES string of the molecule is CN(CC1CC1)c1ccc(-c2nc(Nc3ccc(-c4ccnc(N)n4)cc3)n(C)n2)cn1. The fraction of sp³-hybridized carbons (Fsp3) is 0.261. The van der Waals surface area contributed by atoms with Gasteiger partial charge in [0.2, 0.25) is 11.9 Å². The molecule has 1 aliphatic rings. The van der Waals surface area contributed by atoms with Gasteiger partial charge in [-0.1, -0.05) is 12.1 Å². The molecule has 3 aromatic heterocycles. The monoisotopic (exact) mass is 427 g/mol. The van der Waals surface area contributed by atoms with E-state index in [2.05, 4.69) is 42.3 Å². The number of aromatic nitrogens is 6. The van der Waals surface area contributed by atoms with Crippen LogP contribution in [0.2, 0.25) is 0 Å². The molecule has 0 radical (unpaired) electrons. The van der Waals surface area contributed by atoms with Gasteiger partial charge in [-0.2, -0.15) is 4.98 Å². The highest BCUT2D eigenvalue weighted by Crippen LogP contribution is 2.30. The third-order valence-corrected chi connectivity index (χ3v) is 5.50. The van der Waals surface area contributed by atoms with Gasteiger partial charge in [-0.05, 0) is 49.1 Å². The second-order valence-corrected chi connectivity index (χ2v) is 8.11. The molecule has 9 heteroatoms. The number of nitrogens with one attached hydrogen (secondary N) is 1. The van der Waals surface area contributed by atoms with E-state index in [9.17, 15) is 0 Å². The van der Waals surface area contributed by atoms with E-state index in [-0.39, 0.29) is 5.95 Å². The molecule has 9 nitrogen and oxygen atoms in total. The number of anilines is 4. The van der Waals surface area contributed by atoms with Gasteiger partial charge in [-0.15, -0.1) is 5.10 Å². The first-order chi connectivity index (χ1) is 15.5. The standard InChI is InChI=1S/C23H25N9/c1-31(14-15-3-4-15)20-10-7-17(13-26-20)21-29-23(32(2)30-21)27-18-8-5-16(6-9-18)19-11-12-25-22(24)28-19/h5-13,15H,3-4,14H2,1-2H3,(H2,24,25,28)(H,27,29,30). The van der Waals surface area contributed by atoms with E-state index in [1.165, 1.54) is 12.8 Å². The Labute approximate surface area is 186 Å². The van der Waals surface area contributed by atoms with Gasteiger partial charge < -0.3 is 16.0 Å². The Kier molecular flexibility index (Phi) is 5.14. The summed E-state index contributed by atoms with van der Waals surface area (Å²) in [6, 6.07) is 13.8. The van der Waals surface area contributed by atoms with Crippen molar-refractivity contribution in [2.45, 2.75) is 12.8 Å². The molecular formula is C23H25N9. The molecular weight excluding hydrogens is 402 g/mol. The number of pyridine rings is 1. The van der Waals surface area contributed by atoms with Gasteiger partial charge in [-0.25, -0.2) is 19.6 Å². The third-order valence-electron chi connectivity index (χ3n) is 5.50. The molecule has 0 bridgehead atoms. The minimum atomic E-state index is 0.258. The summed E-state index contributed by atoms with van der Waals surface area (Å²) in [5.41, 5.74) is 9.20. The fourth-order valence-electron chi connectivity index (χ4n) is 3.53. The molecule has 0 saturated heterocycles. The average molecular weight is 428 g/mol. The molecule has 1 saturated carbocycles. The molecule has 0 amide bonds. The normalized spacial score (nSPS) is 13.2. The second kappa shape index (κ2) is 8.26. The Morgan fingerprint density at radius 2 is 1.81 bits per heavy atom. The van der Waals surface area contributed by atoms with Gasteiger partial charge in [0.15, 0.2) is 5.82 Å². The summed E-state index contributed by atoms with van der Waals surface area (Å²) in [6.07, 6.45) is 6.14. The van der Waals surface area contributed by atoms with Crippen LogP contribution in [-0.2, 0) is 7.05 Å². The van der Waals surface area contributed by atoms with Gasteiger partial charge in [-0.3, -0.25) is 0 Å². The zero-order valence-electron chi connectivity index (χ0n) is 18.1. The van der Waals surface area contributed by atoms with Crippen molar-refractivity contribution >= 4 is 23.4 Å². The first-order valence-electron chi connectivity index (χ1n) is 10.6. The van der Waals surface area contributed by atoms with Crippen LogP contribution >= 0.6 is 0 Å². The molecule has 1 fully saturated rings. The lowest BCUT2D eigenvalue weighted by Gasteiger charge is -2.17. The molecule has 5 rings (SSSR count). The maximum absolute atomic E-state index is 5.68. The quantitative estimate of drug-likeness (QED) is 0.461. The molecule has 1 aliphatic carbocycles. The van der Waals surface area contributed by atoms with E-state index in [0.29, 0.717) is 11.8 Å². The van der Waals surface area contributed by atoms with Crippen molar-refractivity contribution in [1.82, 2.24) is 29.7 Å². The summed E-state index contributed by atoms with van der Waals surface area (Å²) < 4.78 is 1.72. The summed E-state index contributed by atoms with van der Waals surface area (Å²) >= 11 is 0. The third kappa shape index (κ3) is 4.36. The molecule has 0 aliphatic heterocycles. The van der Waals surface area contributed by atoms with Crippen molar-refractivity contribution in [1.29, 1.82) is 0 Å². The molecule has 0 atom stereocenters. The topological polar surface area (TPSA) is 111 Å². The Balaban J connectivity index is 1.29. The van der Waals surface area contributed by atoms with Crippen LogP contribution in [0.3, 0.4) is 0 Å². The van der Waals surface area contributed by atoms with Crippen LogP contribution in [-0.4, -0.2) is 43.3 Å². The number of nitrogen functional groups attached to an aromatic ring is 1. The van der Waals surface area contributed by atoms with Gasteiger partial charge >= 0.3 is 0 Å². The van der Waals surface area contributed by atoms with Crippen LogP contribution in [0.25, 0.3) is 22.6 Å². The van der Waals surface area contributed by atoms with Crippen LogP contribution in [0, 0.1) is 5.92 Å². The number of nitrogens with two attached hydrogens (primary N) is 1. The van der Waals surface area contributed by atoms with Gasteiger partial charge in [0.05, 0.1) is 5.69 Å². The summed E-state index contributed by atoms with van der Waals surface area (Å²) in [6.45, 7) is 1.06. The van der Waals surface area contributed by atoms with E-state index in [0.717, 1.165) is 40.8 Å². The number of rotatable bonds is 7. The maximum Gasteiger partial charge on any atom is 0.225 e. The molecule has 3 N–H and O–H groups in total. The van der Waals surface area contributed by atoms with Crippen LogP contribution in [0.1, 0.15) is 12.8 Å². The van der Waals surface area contributed by atoms with Crippen molar-refractivity contribution in [2.24, 2.45) is 13.0 Å². The van der Waals surface area contributed by atoms with E-state index in [1.807, 2.05) is 55.7 Å². The lowest BCUT2D eigenvalue weighted by molar-refractivity contribution is 0.775. The number of hydrogen-bond donors (Lipinski definition) is 2. The van der Waals surface area contributed by atoms with Crippen LogP contribution in [0.15, 0.2) is 54.9 Å². The summed E-state index contributed by atoms with van der Waals surface area (Å²) in [4.78, 5) is 19.6. The van der Waals surface area contributed by atoms with Gasteiger partial charge in [0.25, 0.3) is 0 Å². The van der Waals surface area contributed by atoms with E-state index < -0.39 is 0 Å². The number of hydrogen-bond acceptors (Lipinski definition) is 8. The lowest BCUT2D eigenvalue weighted by atomic mass is 10.1. The molecule has 3 heterocycles. The predicted octanol–water partition coefficient (Wildman–Crippen LogP) is 3.51. The van der Waals surface area contributed by atoms with E-state index >= 15 is 0 Å². The smallest absolute Gasteiger partial charge is 0.225 e. The zero-order chi connectivity index (χ0) is 22.1. The highest BCUT2D eigenvalue weighted by molar-refractivity contribution is 5.66. The molecule has 1 aromatic carbocycles. The van der Waals surface area contributed by atoms with Crippen molar-refractivity contribution in [3.8, 4) is 22.6 Å². The Morgan fingerprint density at radius 1 is 1.03 bits per heavy atom. The van der Waals surface area contributed by atoms with Crippen LogP contribution in [0.5, 0.6) is 0 Å². The Hall–Kier alpha value is -4.01. The number of aryl methyl sites for hydroxylation is 1. The zero-order valence-corrected chi connectivity index (χ0v) is 18.1. The van der Waals surface area contributed by atoms with Gasteiger partial charge in [0.1, 0.15) is 5.82 Å². The largest absolute Gasteiger partial charge is 0.368 e. The number of nitrogens with zero attached hydrogens (tertiary/aromatic N) is 7. The fourth-order valence-corrected chi connectivity index (χ4v) is 3.53. The van der Waals surface area contributed by atoms with Crippen molar-refractivity contribution in [2.75, 3.05) is 29.5 Å². The molecule has 0 spiro atoms. The predicted molar refractivity (Wildman–Crippen MR) is 125 cm³/mol. The van der Waals surface area contributed by atoms with Crippen molar-refractivity contribution < 1.29 is 0 Å². The van der Waals surface area contributed by atoms with Crippen LogP contribution in [0.4, 0.5) is 23.4 Å². The summed E-state index contributed by atoms with van der Waals surface area (Å²) in [7, 11) is 3.95. The van der Waals surface area contributed by atoms with Crippen molar-refractivity contribution in [3.05, 3.63) is 54.9 Å². The first kappa shape index (κ1) is 19.9. The van der Waals surface area contributed by atoms with Gasteiger partial charge in [0, 0.05) is 49.8 Å².